The molecule has 0 aromatic heterocycles. The summed E-state index contributed by atoms with van der Waals surface area (Å²) in [6.45, 7) is 2.89. The van der Waals surface area contributed by atoms with Crippen LogP contribution in [-0.2, 0) is 16.0 Å². The molecule has 35 heavy (non-hydrogen) atoms. The van der Waals surface area contributed by atoms with Gasteiger partial charge in [-0.25, -0.2) is 4.79 Å². The zero-order chi connectivity index (χ0) is 24.7. The maximum Gasteiger partial charge on any atom is 0.325 e. The Morgan fingerprint density at radius 2 is 1.71 bits per heavy atom. The van der Waals surface area contributed by atoms with E-state index >= 15 is 0 Å². The maximum absolute atomic E-state index is 13.6. The molecule has 2 saturated heterocycles. The molecule has 0 saturated carbocycles. The molecule has 0 spiro atoms. The van der Waals surface area contributed by atoms with Crippen molar-refractivity contribution in [3.05, 3.63) is 77.9 Å². The molecule has 2 aliphatic rings. The number of nitrogens with zero attached hydrogens (tertiary/aromatic N) is 2. The van der Waals surface area contributed by atoms with Crippen LogP contribution in [0, 0.1) is 17.8 Å². The first-order chi connectivity index (χ1) is 17.0. The Labute approximate surface area is 207 Å². The highest BCUT2D eigenvalue weighted by Gasteiger charge is 2.55. The van der Waals surface area contributed by atoms with Crippen LogP contribution in [0.25, 0.3) is 6.08 Å². The highest BCUT2D eigenvalue weighted by atomic mass is 16.2. The fourth-order valence-corrected chi connectivity index (χ4v) is 5.01. The van der Waals surface area contributed by atoms with Crippen LogP contribution in [-0.4, -0.2) is 52.8 Å². The highest BCUT2D eigenvalue weighted by molar-refractivity contribution is 6.07. The van der Waals surface area contributed by atoms with Gasteiger partial charge in [0.1, 0.15) is 5.54 Å². The normalized spacial score (nSPS) is 20.6. The van der Waals surface area contributed by atoms with E-state index < -0.39 is 5.54 Å². The lowest BCUT2D eigenvalue weighted by Crippen LogP contribution is -2.56. The van der Waals surface area contributed by atoms with Crippen LogP contribution in [0.3, 0.4) is 0 Å². The van der Waals surface area contributed by atoms with Crippen molar-refractivity contribution in [2.45, 2.75) is 38.1 Å². The smallest absolute Gasteiger partial charge is 0.325 e. The first-order valence-electron chi connectivity index (χ1n) is 12.1. The molecule has 2 aromatic rings. The van der Waals surface area contributed by atoms with Crippen LogP contribution < -0.4 is 5.32 Å². The van der Waals surface area contributed by atoms with Crippen molar-refractivity contribution in [3.8, 4) is 11.8 Å². The monoisotopic (exact) mass is 469 g/mol. The average molecular weight is 470 g/mol. The van der Waals surface area contributed by atoms with Gasteiger partial charge in [-0.15, -0.1) is 5.92 Å². The summed E-state index contributed by atoms with van der Waals surface area (Å²) in [4.78, 5) is 42.2. The van der Waals surface area contributed by atoms with Crippen LogP contribution in [0.2, 0.25) is 0 Å². The van der Waals surface area contributed by atoms with Gasteiger partial charge in [-0.3, -0.25) is 14.5 Å². The van der Waals surface area contributed by atoms with Gasteiger partial charge in [0.05, 0.1) is 6.54 Å². The number of piperidine rings is 1. The van der Waals surface area contributed by atoms with Crippen molar-refractivity contribution in [1.82, 2.24) is 15.1 Å². The standard InChI is InChI=1S/C29H31N3O3/c1-2-3-20-32-27(34)29(30-28(32)35,19-16-24-12-8-5-9-13-24)25-17-21-31(22-18-25)26(33)15-14-23-10-6-4-7-11-23/h4-15,25H,16-22H2,1H3,(H,30,35)/b15-14+/t29-/m0/s1. The number of carbonyl (C=O) groups excluding carboxylic acids is 3. The van der Waals surface area contributed by atoms with Crippen molar-refractivity contribution in [3.63, 3.8) is 0 Å². The van der Waals surface area contributed by atoms with Crippen molar-refractivity contribution >= 4 is 23.9 Å². The number of benzene rings is 2. The van der Waals surface area contributed by atoms with E-state index in [1.54, 1.807) is 13.0 Å². The third-order valence-electron chi connectivity index (χ3n) is 6.99. The first kappa shape index (κ1) is 24.3. The highest BCUT2D eigenvalue weighted by Crippen LogP contribution is 2.37. The number of hydrogen-bond donors (Lipinski definition) is 1. The van der Waals surface area contributed by atoms with Gasteiger partial charge in [0.15, 0.2) is 0 Å². The van der Waals surface area contributed by atoms with Crippen LogP contribution >= 0.6 is 0 Å². The Balaban J connectivity index is 1.47. The molecule has 6 heteroatoms. The van der Waals surface area contributed by atoms with Crippen molar-refractivity contribution in [1.29, 1.82) is 0 Å². The minimum Gasteiger partial charge on any atom is -0.339 e. The van der Waals surface area contributed by atoms with E-state index in [0.717, 1.165) is 11.1 Å². The largest absolute Gasteiger partial charge is 0.339 e. The second-order valence-corrected chi connectivity index (χ2v) is 9.05. The van der Waals surface area contributed by atoms with Crippen LogP contribution in [0.4, 0.5) is 4.79 Å². The quantitative estimate of drug-likeness (QED) is 0.380. The predicted molar refractivity (Wildman–Crippen MR) is 136 cm³/mol. The van der Waals surface area contributed by atoms with E-state index in [0.29, 0.717) is 38.8 Å². The molecular weight excluding hydrogens is 438 g/mol. The summed E-state index contributed by atoms with van der Waals surface area (Å²) in [6, 6.07) is 19.3. The molecule has 0 radical (unpaired) electrons. The number of rotatable bonds is 7. The van der Waals surface area contributed by atoms with Crippen LogP contribution in [0.15, 0.2) is 66.7 Å². The summed E-state index contributed by atoms with van der Waals surface area (Å²) in [6.07, 6.45) is 5.93. The van der Waals surface area contributed by atoms with Crippen molar-refractivity contribution in [2.75, 3.05) is 19.6 Å². The lowest BCUT2D eigenvalue weighted by molar-refractivity contribution is -0.134. The van der Waals surface area contributed by atoms with Gasteiger partial charge in [0.25, 0.3) is 5.91 Å². The minimum absolute atomic E-state index is 0.0349. The molecule has 1 atom stereocenters. The average Bonchev–Trinajstić information content (AvgIpc) is 3.15. The molecule has 2 heterocycles. The Morgan fingerprint density at radius 1 is 1.06 bits per heavy atom. The summed E-state index contributed by atoms with van der Waals surface area (Å²) in [5.41, 5.74) is 1.13. The van der Waals surface area contributed by atoms with E-state index in [4.69, 9.17) is 0 Å². The Morgan fingerprint density at radius 3 is 2.37 bits per heavy atom. The predicted octanol–water partition coefficient (Wildman–Crippen LogP) is 3.89. The number of urea groups is 1. The number of amides is 4. The second kappa shape index (κ2) is 11.1. The summed E-state index contributed by atoms with van der Waals surface area (Å²) in [5.74, 6) is 5.33. The third-order valence-corrected chi connectivity index (χ3v) is 6.99. The molecule has 4 amide bonds. The lowest BCUT2D eigenvalue weighted by Gasteiger charge is -2.40. The minimum atomic E-state index is -0.975. The van der Waals surface area contributed by atoms with Gasteiger partial charge in [-0.05, 0) is 55.7 Å². The Hall–Kier alpha value is -3.85. The van der Waals surface area contributed by atoms with Gasteiger partial charge in [0.2, 0.25) is 5.91 Å². The molecular formula is C29H31N3O3. The van der Waals surface area contributed by atoms with E-state index in [1.807, 2.05) is 71.6 Å². The molecule has 180 valence electrons. The van der Waals surface area contributed by atoms with Gasteiger partial charge in [-0.2, -0.15) is 0 Å². The second-order valence-electron chi connectivity index (χ2n) is 9.05. The Kier molecular flexibility index (Phi) is 7.67. The van der Waals surface area contributed by atoms with E-state index in [-0.39, 0.29) is 30.3 Å². The fourth-order valence-electron chi connectivity index (χ4n) is 5.01. The number of nitrogens with one attached hydrogen (secondary N) is 1. The molecule has 6 nitrogen and oxygen atoms in total. The summed E-state index contributed by atoms with van der Waals surface area (Å²) < 4.78 is 0. The Bertz CT molecular complexity index is 1140. The first-order valence-corrected chi connectivity index (χ1v) is 12.1. The molecule has 2 fully saturated rings. The molecule has 0 unspecified atom stereocenters. The number of aryl methyl sites for hydroxylation is 1. The van der Waals surface area contributed by atoms with Crippen molar-refractivity contribution < 1.29 is 14.4 Å². The lowest BCUT2D eigenvalue weighted by atomic mass is 9.74. The summed E-state index contributed by atoms with van der Waals surface area (Å²) in [7, 11) is 0. The number of likely N-dealkylation sites (tertiary alicyclic amines) is 1. The SMILES string of the molecule is CC#CCN1C(=O)N[C@@](CCc2ccccc2)(C2CCN(C(=O)/C=C/c3ccccc3)CC2)C1=O. The zero-order valence-corrected chi connectivity index (χ0v) is 20.1. The third kappa shape index (κ3) is 5.46. The number of hydrogen-bond acceptors (Lipinski definition) is 3. The number of carbonyl (C=O) groups is 3. The van der Waals surface area contributed by atoms with Gasteiger partial charge < -0.3 is 10.2 Å². The van der Waals surface area contributed by atoms with E-state index in [1.165, 1.54) is 4.90 Å². The van der Waals surface area contributed by atoms with E-state index in [2.05, 4.69) is 17.2 Å². The molecule has 2 aliphatic heterocycles. The zero-order valence-electron chi connectivity index (χ0n) is 20.1. The maximum atomic E-state index is 13.6. The summed E-state index contributed by atoms with van der Waals surface area (Å²) >= 11 is 0. The van der Waals surface area contributed by atoms with Gasteiger partial charge in [0, 0.05) is 19.2 Å². The molecule has 1 N–H and O–H groups in total. The molecule has 2 aromatic carbocycles. The molecule has 4 rings (SSSR count). The van der Waals surface area contributed by atoms with Gasteiger partial charge in [-0.1, -0.05) is 66.6 Å². The summed E-state index contributed by atoms with van der Waals surface area (Å²) in [5, 5.41) is 3.06. The van der Waals surface area contributed by atoms with Gasteiger partial charge >= 0.3 is 6.03 Å². The van der Waals surface area contributed by atoms with Crippen LogP contribution in [0.5, 0.6) is 0 Å². The topological polar surface area (TPSA) is 69.7 Å². The van der Waals surface area contributed by atoms with Crippen LogP contribution in [0.1, 0.15) is 37.3 Å². The fraction of sp³-hybridized carbons (Fsp3) is 0.345. The van der Waals surface area contributed by atoms with Crippen molar-refractivity contribution in [2.24, 2.45) is 5.92 Å². The van der Waals surface area contributed by atoms with E-state index in [9.17, 15) is 14.4 Å². The molecule has 0 bridgehead atoms. The molecule has 0 aliphatic carbocycles. The number of imide groups is 1.